The number of rotatable bonds is 6. The van der Waals surface area contributed by atoms with Gasteiger partial charge in [0, 0.05) is 6.04 Å². The molecule has 0 atom stereocenters. The summed E-state index contributed by atoms with van der Waals surface area (Å²) in [7, 11) is -3.16. The summed E-state index contributed by atoms with van der Waals surface area (Å²) < 4.78 is 26.0. The maximum absolute atomic E-state index is 11.6. The van der Waals surface area contributed by atoms with E-state index in [1.165, 1.54) is 0 Å². The van der Waals surface area contributed by atoms with Crippen LogP contribution in [0.15, 0.2) is 0 Å². The van der Waals surface area contributed by atoms with Gasteiger partial charge in [0.15, 0.2) is 0 Å². The van der Waals surface area contributed by atoms with Crippen molar-refractivity contribution in [2.75, 3.05) is 12.3 Å². The predicted octanol–water partition coefficient (Wildman–Crippen LogP) is -0.0518. The number of nitrogens with two attached hydrogens (primary N) is 1. The van der Waals surface area contributed by atoms with Gasteiger partial charge in [-0.1, -0.05) is 0 Å². The maximum Gasteiger partial charge on any atom is 0.211 e. The van der Waals surface area contributed by atoms with E-state index in [0.717, 1.165) is 19.3 Å². The first-order valence-electron chi connectivity index (χ1n) is 5.91. The highest BCUT2D eigenvalue weighted by Gasteiger charge is 2.23. The molecule has 0 unspecified atom stereocenters. The normalized spacial score (nSPS) is 26.9. The van der Waals surface area contributed by atoms with Crippen molar-refractivity contribution < 1.29 is 13.5 Å². The highest BCUT2D eigenvalue weighted by molar-refractivity contribution is 7.89. The first kappa shape index (κ1) is 13.9. The Morgan fingerprint density at radius 2 is 1.81 bits per heavy atom. The van der Waals surface area contributed by atoms with Gasteiger partial charge in [0.05, 0.1) is 11.9 Å². The van der Waals surface area contributed by atoms with Crippen LogP contribution in [0.5, 0.6) is 0 Å². The lowest BCUT2D eigenvalue weighted by Crippen LogP contribution is -2.39. The third-order valence-electron chi connectivity index (χ3n) is 2.91. The summed E-state index contributed by atoms with van der Waals surface area (Å²) in [6.07, 6.45) is 3.95. The summed E-state index contributed by atoms with van der Waals surface area (Å²) >= 11 is 0. The van der Waals surface area contributed by atoms with Crippen molar-refractivity contribution in [2.24, 2.45) is 5.73 Å². The van der Waals surface area contributed by atoms with Crippen LogP contribution in [0.4, 0.5) is 0 Å². The van der Waals surface area contributed by atoms with Crippen molar-refractivity contribution >= 4 is 10.0 Å². The molecular weight excluding hydrogens is 228 g/mol. The molecule has 1 aliphatic carbocycles. The van der Waals surface area contributed by atoms with Crippen molar-refractivity contribution in [3.05, 3.63) is 0 Å². The van der Waals surface area contributed by atoms with Crippen LogP contribution in [0.1, 0.15) is 38.5 Å². The number of aliphatic hydroxyl groups is 1. The summed E-state index contributed by atoms with van der Waals surface area (Å²) in [5.74, 6) is 0.156. The summed E-state index contributed by atoms with van der Waals surface area (Å²) in [4.78, 5) is 0. The van der Waals surface area contributed by atoms with Crippen molar-refractivity contribution in [1.29, 1.82) is 0 Å². The maximum atomic E-state index is 11.6. The minimum atomic E-state index is -3.16. The molecule has 0 bridgehead atoms. The lowest BCUT2D eigenvalue weighted by Gasteiger charge is -2.25. The first-order valence-corrected chi connectivity index (χ1v) is 7.57. The summed E-state index contributed by atoms with van der Waals surface area (Å²) in [6.45, 7) is 0.533. The quantitative estimate of drug-likeness (QED) is 0.576. The largest absolute Gasteiger partial charge is 0.393 e. The third kappa shape index (κ3) is 5.25. The monoisotopic (exact) mass is 250 g/mol. The second-order valence-electron chi connectivity index (χ2n) is 4.44. The smallest absolute Gasteiger partial charge is 0.211 e. The molecule has 0 radical (unpaired) electrons. The van der Waals surface area contributed by atoms with Crippen LogP contribution in [-0.2, 0) is 10.0 Å². The van der Waals surface area contributed by atoms with Crippen LogP contribution in [-0.4, -0.2) is 38.0 Å². The van der Waals surface area contributed by atoms with Crippen molar-refractivity contribution in [1.82, 2.24) is 4.72 Å². The van der Waals surface area contributed by atoms with E-state index < -0.39 is 10.0 Å². The van der Waals surface area contributed by atoms with Gasteiger partial charge < -0.3 is 10.8 Å². The van der Waals surface area contributed by atoms with E-state index in [0.29, 0.717) is 25.8 Å². The first-order chi connectivity index (χ1) is 7.53. The molecule has 6 heteroatoms. The zero-order chi connectivity index (χ0) is 12.0. The summed E-state index contributed by atoms with van der Waals surface area (Å²) in [5.41, 5.74) is 5.31. The molecule has 1 fully saturated rings. The number of aliphatic hydroxyl groups excluding tert-OH is 1. The van der Waals surface area contributed by atoms with Crippen molar-refractivity contribution in [2.45, 2.75) is 50.7 Å². The molecule has 1 aliphatic rings. The number of unbranched alkanes of at least 4 members (excludes halogenated alkanes) is 1. The second kappa shape index (κ2) is 6.54. The average Bonchev–Trinajstić information content (AvgIpc) is 2.21. The molecule has 0 saturated heterocycles. The molecule has 96 valence electrons. The van der Waals surface area contributed by atoms with Crippen molar-refractivity contribution in [3.63, 3.8) is 0 Å². The fourth-order valence-corrected chi connectivity index (χ4v) is 3.39. The van der Waals surface area contributed by atoms with Crippen LogP contribution in [0.3, 0.4) is 0 Å². The average molecular weight is 250 g/mol. The van der Waals surface area contributed by atoms with Gasteiger partial charge in [-0.25, -0.2) is 13.1 Å². The Morgan fingerprint density at radius 3 is 2.38 bits per heavy atom. The second-order valence-corrected chi connectivity index (χ2v) is 6.31. The lowest BCUT2D eigenvalue weighted by molar-refractivity contribution is 0.120. The predicted molar refractivity (Wildman–Crippen MR) is 63.5 cm³/mol. The minimum Gasteiger partial charge on any atom is -0.393 e. The Balaban J connectivity index is 2.29. The number of sulfonamides is 1. The number of nitrogens with one attached hydrogen (secondary N) is 1. The third-order valence-corrected chi connectivity index (χ3v) is 4.43. The molecular formula is C10H22N2O3S. The molecule has 16 heavy (non-hydrogen) atoms. The molecule has 1 rings (SSSR count). The van der Waals surface area contributed by atoms with E-state index in [4.69, 9.17) is 5.73 Å². The molecule has 0 aromatic heterocycles. The van der Waals surface area contributed by atoms with E-state index in [9.17, 15) is 13.5 Å². The molecule has 5 nitrogen and oxygen atoms in total. The van der Waals surface area contributed by atoms with E-state index in [1.54, 1.807) is 0 Å². The van der Waals surface area contributed by atoms with Crippen molar-refractivity contribution in [3.8, 4) is 0 Å². The van der Waals surface area contributed by atoms with E-state index >= 15 is 0 Å². The zero-order valence-electron chi connectivity index (χ0n) is 9.56. The van der Waals surface area contributed by atoms with Crippen LogP contribution in [0, 0.1) is 0 Å². The Hall–Kier alpha value is -0.170. The SMILES string of the molecule is NCCCCS(=O)(=O)NC1CCC(O)CC1. The number of hydrogen-bond donors (Lipinski definition) is 3. The van der Waals surface area contributed by atoms with Gasteiger partial charge in [-0.15, -0.1) is 0 Å². The van der Waals surface area contributed by atoms with Gasteiger partial charge in [-0.05, 0) is 45.1 Å². The van der Waals surface area contributed by atoms with E-state index in [-0.39, 0.29) is 17.9 Å². The topological polar surface area (TPSA) is 92.4 Å². The van der Waals surface area contributed by atoms with E-state index in [1.807, 2.05) is 0 Å². The molecule has 0 spiro atoms. The van der Waals surface area contributed by atoms with Gasteiger partial charge in [0.2, 0.25) is 10.0 Å². The summed E-state index contributed by atoms with van der Waals surface area (Å²) in [5, 5.41) is 9.31. The number of hydrogen-bond acceptors (Lipinski definition) is 4. The highest BCUT2D eigenvalue weighted by Crippen LogP contribution is 2.19. The standard InChI is InChI=1S/C10H22N2O3S/c11-7-1-2-8-16(14,15)12-9-3-5-10(13)6-4-9/h9-10,12-13H,1-8,11H2. The molecule has 4 N–H and O–H groups in total. The van der Waals surface area contributed by atoms with Gasteiger partial charge >= 0.3 is 0 Å². The van der Waals surface area contributed by atoms with Crippen LogP contribution < -0.4 is 10.5 Å². The van der Waals surface area contributed by atoms with Gasteiger partial charge in [-0.2, -0.15) is 0 Å². The Kier molecular flexibility index (Phi) is 5.68. The van der Waals surface area contributed by atoms with Gasteiger partial charge in [0.25, 0.3) is 0 Å². The fraction of sp³-hybridized carbons (Fsp3) is 1.00. The van der Waals surface area contributed by atoms with E-state index in [2.05, 4.69) is 4.72 Å². The highest BCUT2D eigenvalue weighted by atomic mass is 32.2. The Labute approximate surface area is 97.5 Å². The minimum absolute atomic E-state index is 0.00581. The molecule has 0 heterocycles. The van der Waals surface area contributed by atoms with Crippen LogP contribution in [0.25, 0.3) is 0 Å². The fourth-order valence-electron chi connectivity index (χ4n) is 1.94. The summed E-state index contributed by atoms with van der Waals surface area (Å²) in [6, 6.07) is 0.00581. The molecule has 0 aliphatic heterocycles. The zero-order valence-corrected chi connectivity index (χ0v) is 10.4. The Morgan fingerprint density at radius 1 is 1.19 bits per heavy atom. The van der Waals surface area contributed by atoms with Crippen LogP contribution in [0.2, 0.25) is 0 Å². The lowest BCUT2D eigenvalue weighted by atomic mass is 9.94. The molecule has 0 aromatic carbocycles. The molecule has 0 aromatic rings. The molecule has 0 amide bonds. The molecule has 1 saturated carbocycles. The van der Waals surface area contributed by atoms with Gasteiger partial charge in [-0.3, -0.25) is 0 Å². The Bertz CT molecular complexity index is 284. The van der Waals surface area contributed by atoms with Crippen LogP contribution >= 0.6 is 0 Å². The van der Waals surface area contributed by atoms with Gasteiger partial charge in [0.1, 0.15) is 0 Å².